The van der Waals surface area contributed by atoms with Crippen LogP contribution in [-0.2, 0) is 15.0 Å². The van der Waals surface area contributed by atoms with Crippen LogP contribution in [0.2, 0.25) is 0 Å². The summed E-state index contributed by atoms with van der Waals surface area (Å²) < 4.78 is 11.0. The van der Waals surface area contributed by atoms with Crippen LogP contribution in [0, 0.1) is 13.8 Å². The lowest BCUT2D eigenvalue weighted by Gasteiger charge is -2.27. The molecule has 0 radical (unpaired) electrons. The third kappa shape index (κ3) is 4.71. The molecule has 0 aliphatic carbocycles. The first-order valence-electron chi connectivity index (χ1n) is 12.2. The highest BCUT2D eigenvalue weighted by Crippen LogP contribution is 2.45. The van der Waals surface area contributed by atoms with Gasteiger partial charge in [0.15, 0.2) is 0 Å². The Morgan fingerprint density at radius 3 is 2.27 bits per heavy atom. The molecule has 6 heteroatoms. The number of rotatable bonds is 5. The van der Waals surface area contributed by atoms with Crippen molar-refractivity contribution in [3.05, 3.63) is 94.1 Å². The van der Waals surface area contributed by atoms with Gasteiger partial charge < -0.3 is 14.6 Å². The number of carbonyl (C=O) groups is 2. The maximum absolute atomic E-state index is 13.6. The number of ether oxygens (including phenoxy) is 2. The molecular weight excluding hydrogens is 466 g/mol. The smallest absolute Gasteiger partial charge is 0.300 e. The molecule has 1 aliphatic rings. The molecule has 0 bridgehead atoms. The Hall–Kier alpha value is -4.06. The van der Waals surface area contributed by atoms with Crippen LogP contribution in [0.5, 0.6) is 11.5 Å². The number of ketones is 1. The van der Waals surface area contributed by atoms with E-state index in [9.17, 15) is 14.7 Å². The number of aliphatic hydroxyl groups excluding tert-OH is 1. The molecule has 3 aromatic rings. The zero-order chi connectivity index (χ0) is 27.1. The number of hydrogen-bond donors (Lipinski definition) is 1. The number of amides is 1. The molecule has 1 unspecified atom stereocenters. The molecule has 4 rings (SSSR count). The molecule has 1 N–H and O–H groups in total. The molecule has 1 amide bonds. The van der Waals surface area contributed by atoms with Crippen LogP contribution in [-0.4, -0.2) is 31.0 Å². The van der Waals surface area contributed by atoms with Crippen LogP contribution in [0.1, 0.15) is 54.6 Å². The topological polar surface area (TPSA) is 76.1 Å². The number of aryl methyl sites for hydroxylation is 2. The van der Waals surface area contributed by atoms with Crippen LogP contribution in [0.15, 0.2) is 66.2 Å². The van der Waals surface area contributed by atoms with E-state index < -0.39 is 17.7 Å². The first-order chi connectivity index (χ1) is 17.5. The minimum absolute atomic E-state index is 0.00240. The number of Topliss-reactive ketones (excluding diaryl/α,β-unsaturated/α-hetero) is 1. The molecule has 1 saturated heterocycles. The fourth-order valence-corrected chi connectivity index (χ4v) is 4.79. The van der Waals surface area contributed by atoms with E-state index in [1.165, 1.54) is 12.0 Å². The number of anilines is 1. The normalized spacial score (nSPS) is 17.3. The second-order valence-electron chi connectivity index (χ2n) is 10.4. The zero-order valence-corrected chi connectivity index (χ0v) is 22.4. The van der Waals surface area contributed by atoms with E-state index in [4.69, 9.17) is 9.47 Å². The minimum atomic E-state index is -0.862. The van der Waals surface area contributed by atoms with E-state index >= 15 is 0 Å². The lowest BCUT2D eigenvalue weighted by Crippen LogP contribution is -2.30. The largest absolute Gasteiger partial charge is 0.507 e. The molecule has 37 heavy (non-hydrogen) atoms. The van der Waals surface area contributed by atoms with Crippen molar-refractivity contribution in [3.8, 4) is 11.5 Å². The first-order valence-corrected chi connectivity index (χ1v) is 12.2. The van der Waals surface area contributed by atoms with E-state index in [0.717, 1.165) is 16.7 Å². The van der Waals surface area contributed by atoms with Gasteiger partial charge in [-0.1, -0.05) is 56.7 Å². The van der Waals surface area contributed by atoms with Gasteiger partial charge >= 0.3 is 0 Å². The summed E-state index contributed by atoms with van der Waals surface area (Å²) in [6, 6.07) is 17.6. The molecule has 0 aromatic heterocycles. The number of aliphatic hydroxyl groups is 1. The lowest BCUT2D eigenvalue weighted by atomic mass is 9.85. The van der Waals surface area contributed by atoms with E-state index in [1.807, 2.05) is 50.2 Å². The molecule has 1 heterocycles. The number of benzene rings is 3. The third-order valence-electron chi connectivity index (χ3n) is 6.79. The second-order valence-corrected chi connectivity index (χ2v) is 10.4. The standard InChI is InChI=1S/C31H33NO5/c1-18-11-13-24(19(2)15-18)32-27(20-9-8-10-22(16-20)36-6)26(29(34)30(32)35)28(33)23-17-21(31(3,4)5)12-14-25(23)37-7/h8-17,27,33H,1-7H3/b28-26+. The van der Waals surface area contributed by atoms with Crippen LogP contribution in [0.25, 0.3) is 5.76 Å². The predicted molar refractivity (Wildman–Crippen MR) is 145 cm³/mol. The molecule has 6 nitrogen and oxygen atoms in total. The Morgan fingerprint density at radius 2 is 1.65 bits per heavy atom. The molecule has 0 saturated carbocycles. The summed E-state index contributed by atoms with van der Waals surface area (Å²) in [7, 11) is 3.07. The highest BCUT2D eigenvalue weighted by Gasteiger charge is 2.47. The number of carbonyl (C=O) groups excluding carboxylic acids is 2. The maximum Gasteiger partial charge on any atom is 0.300 e. The molecule has 1 atom stereocenters. The molecule has 3 aromatic carbocycles. The Kier molecular flexibility index (Phi) is 6.87. The van der Waals surface area contributed by atoms with Crippen LogP contribution < -0.4 is 14.4 Å². The Morgan fingerprint density at radius 1 is 0.919 bits per heavy atom. The highest BCUT2D eigenvalue weighted by atomic mass is 16.5. The Labute approximate surface area is 218 Å². The number of methoxy groups -OCH3 is 2. The van der Waals surface area contributed by atoms with Crippen molar-refractivity contribution in [2.45, 2.75) is 46.1 Å². The highest BCUT2D eigenvalue weighted by molar-refractivity contribution is 6.51. The summed E-state index contributed by atoms with van der Waals surface area (Å²) in [4.78, 5) is 28.7. The number of hydrogen-bond acceptors (Lipinski definition) is 5. The van der Waals surface area contributed by atoms with Crippen molar-refractivity contribution in [1.29, 1.82) is 0 Å². The maximum atomic E-state index is 13.6. The summed E-state index contributed by atoms with van der Waals surface area (Å²) >= 11 is 0. The van der Waals surface area contributed by atoms with Crippen molar-refractivity contribution in [1.82, 2.24) is 0 Å². The summed E-state index contributed by atoms with van der Waals surface area (Å²) in [5.41, 5.74) is 4.25. The van der Waals surface area contributed by atoms with Gasteiger partial charge in [-0.15, -0.1) is 0 Å². The van der Waals surface area contributed by atoms with Gasteiger partial charge in [-0.2, -0.15) is 0 Å². The van der Waals surface area contributed by atoms with Gasteiger partial charge in [0.25, 0.3) is 11.7 Å². The second kappa shape index (κ2) is 9.77. The quantitative estimate of drug-likeness (QED) is 0.255. The van der Waals surface area contributed by atoms with Crippen LogP contribution in [0.3, 0.4) is 0 Å². The van der Waals surface area contributed by atoms with Gasteiger partial charge in [0.1, 0.15) is 17.3 Å². The number of nitrogens with zero attached hydrogens (tertiary/aromatic N) is 1. The predicted octanol–water partition coefficient (Wildman–Crippen LogP) is 6.24. The fraction of sp³-hybridized carbons (Fsp3) is 0.290. The summed E-state index contributed by atoms with van der Waals surface area (Å²) in [6.45, 7) is 10.1. The van der Waals surface area contributed by atoms with Gasteiger partial charge in [0.2, 0.25) is 0 Å². The van der Waals surface area contributed by atoms with Crippen molar-refractivity contribution >= 4 is 23.1 Å². The van der Waals surface area contributed by atoms with Gasteiger partial charge in [0, 0.05) is 5.69 Å². The SMILES string of the molecule is COc1cccc(C2/C(=C(\O)c3cc(C(C)(C)C)ccc3OC)C(=O)C(=O)N2c2ccc(C)cc2C)c1. The van der Waals surface area contributed by atoms with Crippen molar-refractivity contribution < 1.29 is 24.2 Å². The Balaban J connectivity index is 2.03. The van der Waals surface area contributed by atoms with E-state index in [1.54, 1.807) is 31.4 Å². The van der Waals surface area contributed by atoms with Gasteiger partial charge in [0.05, 0.1) is 31.4 Å². The molecule has 0 spiro atoms. The van der Waals surface area contributed by atoms with Crippen molar-refractivity contribution in [3.63, 3.8) is 0 Å². The minimum Gasteiger partial charge on any atom is -0.507 e. The average molecular weight is 500 g/mol. The van der Waals surface area contributed by atoms with E-state index in [0.29, 0.717) is 28.3 Å². The fourth-order valence-electron chi connectivity index (χ4n) is 4.79. The summed E-state index contributed by atoms with van der Waals surface area (Å²) in [6.07, 6.45) is 0. The molecule has 1 aliphatic heterocycles. The van der Waals surface area contributed by atoms with Crippen molar-refractivity contribution in [2.75, 3.05) is 19.1 Å². The van der Waals surface area contributed by atoms with Gasteiger partial charge in [-0.25, -0.2) is 0 Å². The zero-order valence-electron chi connectivity index (χ0n) is 22.4. The van der Waals surface area contributed by atoms with E-state index in [-0.39, 0.29) is 16.7 Å². The van der Waals surface area contributed by atoms with Crippen LogP contribution in [0.4, 0.5) is 5.69 Å². The van der Waals surface area contributed by atoms with Crippen LogP contribution >= 0.6 is 0 Å². The van der Waals surface area contributed by atoms with Gasteiger partial charge in [-0.3, -0.25) is 14.5 Å². The summed E-state index contributed by atoms with van der Waals surface area (Å²) in [5.74, 6) is -0.745. The molecule has 1 fully saturated rings. The molecule has 192 valence electrons. The average Bonchev–Trinajstić information content (AvgIpc) is 3.13. The van der Waals surface area contributed by atoms with Gasteiger partial charge in [-0.05, 0) is 66.3 Å². The van der Waals surface area contributed by atoms with Crippen molar-refractivity contribution in [2.24, 2.45) is 0 Å². The monoisotopic (exact) mass is 499 g/mol. The molecular formula is C31H33NO5. The van der Waals surface area contributed by atoms with E-state index in [2.05, 4.69) is 20.8 Å². The lowest BCUT2D eigenvalue weighted by molar-refractivity contribution is -0.132. The Bertz CT molecular complexity index is 1410. The third-order valence-corrected chi connectivity index (χ3v) is 6.79. The summed E-state index contributed by atoms with van der Waals surface area (Å²) in [5, 5.41) is 11.7. The first kappa shape index (κ1) is 26.0.